The van der Waals surface area contributed by atoms with Crippen molar-refractivity contribution >= 4 is 11.8 Å². The molecule has 0 spiro atoms. The maximum Gasteiger partial charge on any atom is 0.222 e. The van der Waals surface area contributed by atoms with Gasteiger partial charge in [-0.3, -0.25) is 9.59 Å². The van der Waals surface area contributed by atoms with Gasteiger partial charge in [0, 0.05) is 32.0 Å². The smallest absolute Gasteiger partial charge is 0.222 e. The molecule has 6 heteroatoms. The third kappa shape index (κ3) is 6.45. The first kappa shape index (κ1) is 21.1. The lowest BCUT2D eigenvalue weighted by Crippen LogP contribution is -2.46. The number of amides is 2. The van der Waals surface area contributed by atoms with Gasteiger partial charge in [0.2, 0.25) is 11.8 Å². The van der Waals surface area contributed by atoms with Crippen molar-refractivity contribution in [2.45, 2.75) is 52.0 Å². The lowest BCUT2D eigenvalue weighted by molar-refractivity contribution is -0.133. The van der Waals surface area contributed by atoms with E-state index in [-0.39, 0.29) is 17.9 Å². The molecule has 0 atom stereocenters. The number of hydrogen-bond acceptors (Lipinski definition) is 4. The van der Waals surface area contributed by atoms with Crippen LogP contribution in [0.4, 0.5) is 0 Å². The molecule has 0 bridgehead atoms. The Balaban J connectivity index is 1.75. The maximum absolute atomic E-state index is 12.3. The zero-order chi connectivity index (χ0) is 19.8. The molecule has 1 N–H and O–H groups in total. The molecule has 0 aliphatic carbocycles. The third-order valence-corrected chi connectivity index (χ3v) is 4.88. The number of benzene rings is 1. The van der Waals surface area contributed by atoms with Crippen LogP contribution in [-0.2, 0) is 16.0 Å². The van der Waals surface area contributed by atoms with Gasteiger partial charge in [-0.2, -0.15) is 0 Å². The molecular weight excluding hydrogens is 344 g/mol. The Kier molecular flexibility index (Phi) is 7.95. The number of likely N-dealkylation sites (tertiary alicyclic amines) is 1. The molecule has 1 fully saturated rings. The van der Waals surface area contributed by atoms with Gasteiger partial charge >= 0.3 is 0 Å². The number of aryl methyl sites for hydroxylation is 1. The molecule has 1 saturated heterocycles. The molecule has 0 aromatic heterocycles. The highest BCUT2D eigenvalue weighted by molar-refractivity contribution is 5.77. The summed E-state index contributed by atoms with van der Waals surface area (Å²) in [5, 5.41) is 3.11. The van der Waals surface area contributed by atoms with Gasteiger partial charge in [0.25, 0.3) is 0 Å². The van der Waals surface area contributed by atoms with Crippen LogP contribution in [-0.4, -0.2) is 50.1 Å². The first-order valence-corrected chi connectivity index (χ1v) is 9.71. The van der Waals surface area contributed by atoms with E-state index < -0.39 is 0 Å². The monoisotopic (exact) mass is 376 g/mol. The van der Waals surface area contributed by atoms with Gasteiger partial charge in [-0.05, 0) is 42.9 Å². The van der Waals surface area contributed by atoms with Crippen molar-refractivity contribution in [2.24, 2.45) is 5.92 Å². The Bertz CT molecular complexity index is 637. The van der Waals surface area contributed by atoms with Gasteiger partial charge in [0.05, 0.1) is 14.2 Å². The summed E-state index contributed by atoms with van der Waals surface area (Å²) < 4.78 is 10.5. The Morgan fingerprint density at radius 1 is 1.15 bits per heavy atom. The number of piperidine rings is 1. The molecule has 1 aliphatic heterocycles. The molecule has 1 aliphatic rings. The number of hydrogen-bond donors (Lipinski definition) is 1. The van der Waals surface area contributed by atoms with E-state index >= 15 is 0 Å². The summed E-state index contributed by atoms with van der Waals surface area (Å²) in [7, 11) is 3.21. The number of methoxy groups -OCH3 is 2. The van der Waals surface area contributed by atoms with Crippen molar-refractivity contribution in [3.8, 4) is 11.5 Å². The van der Waals surface area contributed by atoms with Crippen molar-refractivity contribution < 1.29 is 19.1 Å². The van der Waals surface area contributed by atoms with Crippen molar-refractivity contribution in [2.75, 3.05) is 27.3 Å². The summed E-state index contributed by atoms with van der Waals surface area (Å²) in [4.78, 5) is 26.3. The summed E-state index contributed by atoms with van der Waals surface area (Å²) in [5.74, 6) is 2.02. The van der Waals surface area contributed by atoms with Gasteiger partial charge in [0.1, 0.15) is 0 Å². The van der Waals surface area contributed by atoms with E-state index in [4.69, 9.17) is 9.47 Å². The molecular formula is C21H32N2O4. The molecule has 2 rings (SSSR count). The van der Waals surface area contributed by atoms with E-state index in [9.17, 15) is 9.59 Å². The van der Waals surface area contributed by atoms with Crippen LogP contribution in [0.25, 0.3) is 0 Å². The minimum atomic E-state index is 0.0525. The van der Waals surface area contributed by atoms with E-state index in [2.05, 4.69) is 19.2 Å². The Labute approximate surface area is 162 Å². The Morgan fingerprint density at radius 2 is 1.81 bits per heavy atom. The van der Waals surface area contributed by atoms with Gasteiger partial charge in [-0.25, -0.2) is 0 Å². The Morgan fingerprint density at radius 3 is 2.41 bits per heavy atom. The van der Waals surface area contributed by atoms with E-state index in [1.165, 1.54) is 0 Å². The first-order valence-electron chi connectivity index (χ1n) is 9.71. The van der Waals surface area contributed by atoms with Crippen LogP contribution in [0.15, 0.2) is 18.2 Å². The minimum absolute atomic E-state index is 0.0525. The van der Waals surface area contributed by atoms with Crippen molar-refractivity contribution in [3.05, 3.63) is 23.8 Å². The van der Waals surface area contributed by atoms with Crippen LogP contribution in [0, 0.1) is 5.92 Å². The van der Waals surface area contributed by atoms with Crippen molar-refractivity contribution in [1.29, 1.82) is 0 Å². The summed E-state index contributed by atoms with van der Waals surface area (Å²) in [6.07, 6.45) is 3.33. The largest absolute Gasteiger partial charge is 0.493 e. The van der Waals surface area contributed by atoms with Crippen molar-refractivity contribution in [3.63, 3.8) is 0 Å². The number of ether oxygens (including phenoxy) is 2. The van der Waals surface area contributed by atoms with Gasteiger partial charge in [0.15, 0.2) is 11.5 Å². The molecule has 1 aromatic carbocycles. The molecule has 6 nitrogen and oxygen atoms in total. The zero-order valence-corrected chi connectivity index (χ0v) is 16.9. The third-order valence-electron chi connectivity index (χ3n) is 4.88. The SMILES string of the molecule is COc1ccc(CCC(=O)NC2CCN(C(=O)CC(C)C)CC2)cc1OC. The van der Waals surface area contributed by atoms with Crippen molar-refractivity contribution in [1.82, 2.24) is 10.2 Å². The second-order valence-corrected chi connectivity index (χ2v) is 7.51. The fourth-order valence-electron chi connectivity index (χ4n) is 3.35. The number of carbonyl (C=O) groups is 2. The molecule has 0 radical (unpaired) electrons. The zero-order valence-electron chi connectivity index (χ0n) is 16.9. The highest BCUT2D eigenvalue weighted by Crippen LogP contribution is 2.28. The fraction of sp³-hybridized carbons (Fsp3) is 0.619. The summed E-state index contributed by atoms with van der Waals surface area (Å²) >= 11 is 0. The Hall–Kier alpha value is -2.24. The molecule has 2 amide bonds. The molecule has 1 aromatic rings. The average Bonchev–Trinajstić information content (AvgIpc) is 2.66. The molecule has 27 heavy (non-hydrogen) atoms. The first-order chi connectivity index (χ1) is 12.9. The maximum atomic E-state index is 12.3. The number of rotatable bonds is 8. The molecule has 0 saturated carbocycles. The van der Waals surface area contributed by atoms with Gasteiger partial charge in [-0.15, -0.1) is 0 Å². The van der Waals surface area contributed by atoms with E-state index in [1.54, 1.807) is 14.2 Å². The number of carbonyl (C=O) groups excluding carboxylic acids is 2. The summed E-state index contributed by atoms with van der Waals surface area (Å²) in [5.41, 5.74) is 1.04. The second kappa shape index (κ2) is 10.2. The number of nitrogens with zero attached hydrogens (tertiary/aromatic N) is 1. The number of nitrogens with one attached hydrogen (secondary N) is 1. The fourth-order valence-corrected chi connectivity index (χ4v) is 3.35. The van der Waals surface area contributed by atoms with Crippen LogP contribution in [0.2, 0.25) is 0 Å². The van der Waals surface area contributed by atoms with E-state index in [0.717, 1.165) is 31.5 Å². The quantitative estimate of drug-likeness (QED) is 0.758. The highest BCUT2D eigenvalue weighted by Gasteiger charge is 2.24. The van der Waals surface area contributed by atoms with E-state index in [0.29, 0.717) is 36.7 Å². The van der Waals surface area contributed by atoms with Crippen LogP contribution in [0.1, 0.15) is 45.1 Å². The summed E-state index contributed by atoms with van der Waals surface area (Å²) in [6.45, 7) is 5.57. The molecule has 1 heterocycles. The van der Waals surface area contributed by atoms with Gasteiger partial charge < -0.3 is 19.7 Å². The standard InChI is InChI=1S/C21H32N2O4/c1-15(2)13-21(25)23-11-9-17(10-12-23)22-20(24)8-6-16-5-7-18(26-3)19(14-16)27-4/h5,7,14-15,17H,6,8-13H2,1-4H3,(H,22,24). The second-order valence-electron chi connectivity index (χ2n) is 7.51. The lowest BCUT2D eigenvalue weighted by Gasteiger charge is -2.33. The van der Waals surface area contributed by atoms with Crippen LogP contribution in [0.3, 0.4) is 0 Å². The van der Waals surface area contributed by atoms with Crippen LogP contribution >= 0.6 is 0 Å². The van der Waals surface area contributed by atoms with E-state index in [1.807, 2.05) is 23.1 Å². The summed E-state index contributed by atoms with van der Waals surface area (Å²) in [6, 6.07) is 5.87. The highest BCUT2D eigenvalue weighted by atomic mass is 16.5. The lowest BCUT2D eigenvalue weighted by atomic mass is 10.0. The normalized spacial score (nSPS) is 14.9. The van der Waals surface area contributed by atoms with Crippen LogP contribution < -0.4 is 14.8 Å². The molecule has 0 unspecified atom stereocenters. The van der Waals surface area contributed by atoms with Crippen LogP contribution in [0.5, 0.6) is 11.5 Å². The predicted octanol–water partition coefficient (Wildman–Crippen LogP) is 2.79. The topological polar surface area (TPSA) is 67.9 Å². The van der Waals surface area contributed by atoms with Gasteiger partial charge in [-0.1, -0.05) is 19.9 Å². The minimum Gasteiger partial charge on any atom is -0.493 e. The average molecular weight is 376 g/mol. The molecule has 150 valence electrons. The predicted molar refractivity (Wildman–Crippen MR) is 105 cm³/mol.